The zero-order chi connectivity index (χ0) is 17.5. The molecule has 0 heterocycles. The molecule has 0 fully saturated rings. The van der Waals surface area contributed by atoms with Crippen LogP contribution in [0.25, 0.3) is 0 Å². The van der Waals surface area contributed by atoms with E-state index >= 15 is 0 Å². The Morgan fingerprint density at radius 1 is 1.12 bits per heavy atom. The highest BCUT2D eigenvalue weighted by Gasteiger charge is 2.13. The molecular formula is C20H27NO3. The van der Waals surface area contributed by atoms with Crippen LogP contribution in [0.3, 0.4) is 0 Å². The second-order valence-corrected chi connectivity index (χ2v) is 6.18. The number of nitrogens with one attached hydrogen (secondary N) is 1. The van der Waals surface area contributed by atoms with Gasteiger partial charge in [-0.25, -0.2) is 0 Å². The number of aryl methyl sites for hydroxylation is 1. The van der Waals surface area contributed by atoms with Crippen LogP contribution in [0.4, 0.5) is 0 Å². The van der Waals surface area contributed by atoms with Gasteiger partial charge in [-0.15, -0.1) is 0 Å². The first-order valence-electron chi connectivity index (χ1n) is 8.29. The van der Waals surface area contributed by atoms with Gasteiger partial charge in [-0.05, 0) is 32.4 Å². The average molecular weight is 329 g/mol. The fourth-order valence-electron chi connectivity index (χ4n) is 2.57. The molecule has 0 saturated carbocycles. The van der Waals surface area contributed by atoms with Crippen LogP contribution in [0.1, 0.15) is 36.6 Å². The minimum atomic E-state index is -0.537. The van der Waals surface area contributed by atoms with Crippen LogP contribution in [0.15, 0.2) is 42.5 Å². The van der Waals surface area contributed by atoms with Gasteiger partial charge in [0.2, 0.25) is 0 Å². The molecule has 4 nitrogen and oxygen atoms in total. The lowest BCUT2D eigenvalue weighted by Crippen LogP contribution is -2.22. The fourth-order valence-corrected chi connectivity index (χ4v) is 2.57. The molecule has 0 aromatic heterocycles. The summed E-state index contributed by atoms with van der Waals surface area (Å²) in [4.78, 5) is 0. The van der Waals surface area contributed by atoms with Gasteiger partial charge in [0.1, 0.15) is 0 Å². The number of benzene rings is 2. The predicted octanol–water partition coefficient (Wildman–Crippen LogP) is 3.61. The molecule has 1 atom stereocenters. The Balaban J connectivity index is 2.01. The number of hydrogen-bond acceptors (Lipinski definition) is 4. The number of para-hydroxylation sites is 1. The molecule has 24 heavy (non-hydrogen) atoms. The minimum Gasteiger partial charge on any atom is -0.493 e. The van der Waals surface area contributed by atoms with Crippen LogP contribution in [0, 0.1) is 6.92 Å². The van der Waals surface area contributed by atoms with Crippen LogP contribution in [0.2, 0.25) is 0 Å². The molecular weight excluding hydrogens is 302 g/mol. The number of aliphatic hydroxyl groups is 1. The van der Waals surface area contributed by atoms with Gasteiger partial charge >= 0.3 is 0 Å². The van der Waals surface area contributed by atoms with Crippen LogP contribution < -0.4 is 14.8 Å². The van der Waals surface area contributed by atoms with Crippen molar-refractivity contribution in [3.05, 3.63) is 59.2 Å². The van der Waals surface area contributed by atoms with Crippen LogP contribution in [-0.4, -0.2) is 24.9 Å². The van der Waals surface area contributed by atoms with E-state index in [0.717, 1.165) is 28.2 Å². The third-order valence-corrected chi connectivity index (χ3v) is 3.71. The van der Waals surface area contributed by atoms with Gasteiger partial charge in [-0.3, -0.25) is 0 Å². The molecule has 0 spiro atoms. The van der Waals surface area contributed by atoms with E-state index in [-0.39, 0.29) is 6.10 Å². The van der Waals surface area contributed by atoms with E-state index < -0.39 is 6.10 Å². The summed E-state index contributed by atoms with van der Waals surface area (Å²) in [5.74, 6) is 1.48. The minimum absolute atomic E-state index is 0.0675. The Labute approximate surface area is 144 Å². The largest absolute Gasteiger partial charge is 0.493 e. The standard InChI is InChI=1S/C20H27NO3/c1-14(2)24-20-17(9-6-10-19(20)23-4)12-21-13-18(22)16-8-5-7-15(3)11-16/h5-11,14,18,21-22H,12-13H2,1-4H3. The fraction of sp³-hybridized carbons (Fsp3) is 0.400. The van der Waals surface area contributed by atoms with Gasteiger partial charge < -0.3 is 19.9 Å². The van der Waals surface area contributed by atoms with E-state index in [0.29, 0.717) is 13.1 Å². The Hall–Kier alpha value is -2.04. The van der Waals surface area contributed by atoms with Crippen LogP contribution in [0.5, 0.6) is 11.5 Å². The van der Waals surface area contributed by atoms with Crippen LogP contribution in [-0.2, 0) is 6.54 Å². The molecule has 130 valence electrons. The Morgan fingerprint density at radius 2 is 1.88 bits per heavy atom. The third-order valence-electron chi connectivity index (χ3n) is 3.71. The Bertz CT molecular complexity index is 655. The first-order chi connectivity index (χ1) is 11.5. The summed E-state index contributed by atoms with van der Waals surface area (Å²) in [5.41, 5.74) is 3.08. The van der Waals surface area contributed by atoms with Crippen molar-refractivity contribution in [3.63, 3.8) is 0 Å². The zero-order valence-corrected chi connectivity index (χ0v) is 14.9. The Morgan fingerprint density at radius 3 is 2.54 bits per heavy atom. The van der Waals surface area contributed by atoms with Crippen molar-refractivity contribution in [2.24, 2.45) is 0 Å². The normalized spacial score (nSPS) is 12.2. The molecule has 0 amide bonds. The number of hydrogen-bond donors (Lipinski definition) is 2. The molecule has 0 radical (unpaired) electrons. The highest BCUT2D eigenvalue weighted by atomic mass is 16.5. The number of aliphatic hydroxyl groups excluding tert-OH is 1. The third kappa shape index (κ3) is 4.98. The average Bonchev–Trinajstić information content (AvgIpc) is 2.55. The summed E-state index contributed by atoms with van der Waals surface area (Å²) < 4.78 is 11.3. The molecule has 4 heteroatoms. The lowest BCUT2D eigenvalue weighted by atomic mass is 10.1. The van der Waals surface area contributed by atoms with E-state index in [2.05, 4.69) is 5.32 Å². The van der Waals surface area contributed by atoms with Gasteiger partial charge in [-0.2, -0.15) is 0 Å². The quantitative estimate of drug-likeness (QED) is 0.777. The highest BCUT2D eigenvalue weighted by Crippen LogP contribution is 2.32. The van der Waals surface area contributed by atoms with Gasteiger partial charge in [-0.1, -0.05) is 42.0 Å². The van der Waals surface area contributed by atoms with Gasteiger partial charge in [0, 0.05) is 18.7 Å². The first-order valence-corrected chi connectivity index (χ1v) is 8.29. The summed E-state index contributed by atoms with van der Waals surface area (Å²) in [6.45, 7) is 7.08. The van der Waals surface area contributed by atoms with Gasteiger partial charge in [0.05, 0.1) is 19.3 Å². The zero-order valence-electron chi connectivity index (χ0n) is 14.9. The monoisotopic (exact) mass is 329 g/mol. The maximum atomic E-state index is 10.3. The lowest BCUT2D eigenvalue weighted by molar-refractivity contribution is 0.173. The summed E-state index contributed by atoms with van der Waals surface area (Å²) >= 11 is 0. The van der Waals surface area contributed by atoms with Crippen molar-refractivity contribution in [2.75, 3.05) is 13.7 Å². The van der Waals surface area contributed by atoms with Crippen molar-refractivity contribution in [1.29, 1.82) is 0 Å². The molecule has 0 aliphatic rings. The summed E-state index contributed by atoms with van der Waals surface area (Å²) in [7, 11) is 1.64. The van der Waals surface area contributed by atoms with Crippen molar-refractivity contribution >= 4 is 0 Å². The highest BCUT2D eigenvalue weighted by molar-refractivity contribution is 5.46. The molecule has 0 bridgehead atoms. The smallest absolute Gasteiger partial charge is 0.166 e. The van der Waals surface area contributed by atoms with E-state index in [1.54, 1.807) is 7.11 Å². The molecule has 0 saturated heterocycles. The topological polar surface area (TPSA) is 50.7 Å². The SMILES string of the molecule is COc1cccc(CNCC(O)c2cccc(C)c2)c1OC(C)C. The van der Waals surface area contributed by atoms with Gasteiger partial charge in [0.25, 0.3) is 0 Å². The number of ether oxygens (including phenoxy) is 2. The molecule has 2 aromatic rings. The molecule has 2 N–H and O–H groups in total. The summed E-state index contributed by atoms with van der Waals surface area (Å²) in [6.07, 6.45) is -0.470. The maximum absolute atomic E-state index is 10.3. The second-order valence-electron chi connectivity index (χ2n) is 6.18. The second kappa shape index (κ2) is 8.71. The van der Waals surface area contributed by atoms with Crippen molar-refractivity contribution in [3.8, 4) is 11.5 Å². The van der Waals surface area contributed by atoms with E-state index in [1.165, 1.54) is 0 Å². The Kier molecular flexibility index (Phi) is 6.64. The molecule has 0 aliphatic heterocycles. The number of rotatable bonds is 8. The van der Waals surface area contributed by atoms with E-state index in [1.807, 2.05) is 63.2 Å². The van der Waals surface area contributed by atoms with Crippen molar-refractivity contribution in [1.82, 2.24) is 5.32 Å². The van der Waals surface area contributed by atoms with Crippen LogP contribution >= 0.6 is 0 Å². The molecule has 0 aliphatic carbocycles. The lowest BCUT2D eigenvalue weighted by Gasteiger charge is -2.18. The van der Waals surface area contributed by atoms with Crippen molar-refractivity contribution in [2.45, 2.75) is 39.5 Å². The predicted molar refractivity (Wildman–Crippen MR) is 96.6 cm³/mol. The molecule has 2 rings (SSSR count). The molecule has 1 unspecified atom stereocenters. The number of methoxy groups -OCH3 is 1. The summed E-state index contributed by atoms with van der Waals surface area (Å²) in [6, 6.07) is 13.8. The van der Waals surface area contributed by atoms with Gasteiger partial charge in [0.15, 0.2) is 11.5 Å². The van der Waals surface area contributed by atoms with E-state index in [4.69, 9.17) is 9.47 Å². The first kappa shape index (κ1) is 18.3. The maximum Gasteiger partial charge on any atom is 0.166 e. The summed E-state index contributed by atoms with van der Waals surface area (Å²) in [5, 5.41) is 13.6. The van der Waals surface area contributed by atoms with E-state index in [9.17, 15) is 5.11 Å². The molecule has 2 aromatic carbocycles. The van der Waals surface area contributed by atoms with Crippen molar-refractivity contribution < 1.29 is 14.6 Å².